The summed E-state index contributed by atoms with van der Waals surface area (Å²) in [6, 6.07) is 9.03. The molecule has 2 aliphatic rings. The average molecular weight is 273 g/mol. The molecule has 2 aliphatic heterocycles. The molecule has 0 bridgehead atoms. The number of rotatable bonds is 3. The minimum atomic E-state index is 0.312. The number of nitrogens with zero attached hydrogens (tertiary/aromatic N) is 1. The highest BCUT2D eigenvalue weighted by molar-refractivity contribution is 5.76. The van der Waals surface area contributed by atoms with Gasteiger partial charge in [-0.2, -0.15) is 0 Å². The molecule has 108 valence electrons. The molecule has 1 aromatic carbocycles. The van der Waals surface area contributed by atoms with Crippen molar-refractivity contribution >= 4 is 5.91 Å². The van der Waals surface area contributed by atoms with Crippen LogP contribution in [0.25, 0.3) is 0 Å². The van der Waals surface area contributed by atoms with Gasteiger partial charge in [-0.3, -0.25) is 4.79 Å². The van der Waals surface area contributed by atoms with E-state index in [0.29, 0.717) is 18.4 Å². The molecular formula is C16H23N3O. The molecule has 1 amide bonds. The summed E-state index contributed by atoms with van der Waals surface area (Å²) < 4.78 is 0. The molecule has 3 rings (SSSR count). The largest absolute Gasteiger partial charge is 0.340 e. The highest BCUT2D eigenvalue weighted by Gasteiger charge is 2.21. The molecule has 0 spiro atoms. The van der Waals surface area contributed by atoms with E-state index < -0.39 is 0 Å². The molecular weight excluding hydrogens is 250 g/mol. The molecule has 0 saturated carbocycles. The van der Waals surface area contributed by atoms with E-state index in [-0.39, 0.29) is 0 Å². The number of hydrogen-bond donors (Lipinski definition) is 2. The zero-order chi connectivity index (χ0) is 13.8. The van der Waals surface area contributed by atoms with Crippen molar-refractivity contribution in [3.63, 3.8) is 0 Å². The van der Waals surface area contributed by atoms with Crippen LogP contribution in [0.2, 0.25) is 0 Å². The second-order valence-corrected chi connectivity index (χ2v) is 5.72. The maximum atomic E-state index is 12.2. The predicted molar refractivity (Wildman–Crippen MR) is 79.5 cm³/mol. The molecule has 0 radical (unpaired) electrons. The predicted octanol–water partition coefficient (Wildman–Crippen LogP) is 0.913. The summed E-state index contributed by atoms with van der Waals surface area (Å²) in [7, 11) is 0. The molecule has 2 N–H and O–H groups in total. The molecule has 1 atom stereocenters. The SMILES string of the molecule is O=C(CCC1Cc2ccccc2CN1)N1CCNCC1. The fourth-order valence-electron chi connectivity index (χ4n) is 3.10. The number of carbonyl (C=O) groups is 1. The van der Waals surface area contributed by atoms with Gasteiger partial charge in [-0.05, 0) is 24.0 Å². The van der Waals surface area contributed by atoms with E-state index in [1.54, 1.807) is 0 Å². The Labute approximate surface area is 120 Å². The lowest BCUT2D eigenvalue weighted by Crippen LogP contribution is -2.46. The maximum Gasteiger partial charge on any atom is 0.222 e. The first kappa shape index (κ1) is 13.6. The van der Waals surface area contributed by atoms with Gasteiger partial charge in [-0.25, -0.2) is 0 Å². The van der Waals surface area contributed by atoms with Crippen molar-refractivity contribution in [1.29, 1.82) is 0 Å². The van der Waals surface area contributed by atoms with Crippen LogP contribution >= 0.6 is 0 Å². The molecule has 1 unspecified atom stereocenters. The number of fused-ring (bicyclic) bond motifs is 1. The fraction of sp³-hybridized carbons (Fsp3) is 0.562. The van der Waals surface area contributed by atoms with Gasteiger partial charge in [-0.15, -0.1) is 0 Å². The Morgan fingerprint density at radius 1 is 1.20 bits per heavy atom. The monoisotopic (exact) mass is 273 g/mol. The molecule has 20 heavy (non-hydrogen) atoms. The Bertz CT molecular complexity index is 469. The van der Waals surface area contributed by atoms with Crippen LogP contribution in [0.3, 0.4) is 0 Å². The molecule has 0 aromatic heterocycles. The molecule has 1 aromatic rings. The normalized spacial score (nSPS) is 22.4. The molecule has 0 aliphatic carbocycles. The van der Waals surface area contributed by atoms with E-state index >= 15 is 0 Å². The van der Waals surface area contributed by atoms with Crippen molar-refractivity contribution in [1.82, 2.24) is 15.5 Å². The number of hydrogen-bond acceptors (Lipinski definition) is 3. The van der Waals surface area contributed by atoms with Crippen LogP contribution in [-0.4, -0.2) is 43.0 Å². The van der Waals surface area contributed by atoms with Gasteiger partial charge in [0.15, 0.2) is 0 Å². The van der Waals surface area contributed by atoms with Crippen molar-refractivity contribution in [2.24, 2.45) is 0 Å². The fourth-order valence-corrected chi connectivity index (χ4v) is 3.10. The second-order valence-electron chi connectivity index (χ2n) is 5.72. The Balaban J connectivity index is 1.49. The number of benzene rings is 1. The van der Waals surface area contributed by atoms with Crippen molar-refractivity contribution in [2.75, 3.05) is 26.2 Å². The van der Waals surface area contributed by atoms with E-state index in [1.807, 2.05) is 4.90 Å². The summed E-state index contributed by atoms with van der Waals surface area (Å²) in [4.78, 5) is 14.2. The third-order valence-corrected chi connectivity index (χ3v) is 4.34. The second kappa shape index (κ2) is 6.37. The van der Waals surface area contributed by atoms with Gasteiger partial charge in [0.25, 0.3) is 0 Å². The van der Waals surface area contributed by atoms with Gasteiger partial charge in [0, 0.05) is 45.2 Å². The quantitative estimate of drug-likeness (QED) is 0.860. The minimum Gasteiger partial charge on any atom is -0.340 e. The summed E-state index contributed by atoms with van der Waals surface area (Å²) in [5.74, 6) is 0.312. The number of piperazine rings is 1. The molecule has 4 heteroatoms. The summed E-state index contributed by atoms with van der Waals surface area (Å²) in [6.07, 6.45) is 2.65. The summed E-state index contributed by atoms with van der Waals surface area (Å²) >= 11 is 0. The Morgan fingerprint density at radius 3 is 2.75 bits per heavy atom. The zero-order valence-corrected chi connectivity index (χ0v) is 11.9. The first-order valence-corrected chi connectivity index (χ1v) is 7.61. The van der Waals surface area contributed by atoms with Crippen LogP contribution in [-0.2, 0) is 17.8 Å². The standard InChI is InChI=1S/C16H23N3O/c20-16(19-9-7-17-8-10-19)6-5-15-11-13-3-1-2-4-14(13)12-18-15/h1-4,15,17-18H,5-12H2. The van der Waals surface area contributed by atoms with Gasteiger partial charge >= 0.3 is 0 Å². The average Bonchev–Trinajstić information content (AvgIpc) is 2.53. The van der Waals surface area contributed by atoms with Crippen molar-refractivity contribution in [3.8, 4) is 0 Å². The molecule has 1 saturated heterocycles. The van der Waals surface area contributed by atoms with Crippen LogP contribution in [0.4, 0.5) is 0 Å². The van der Waals surface area contributed by atoms with Crippen LogP contribution in [0.1, 0.15) is 24.0 Å². The summed E-state index contributed by atoms with van der Waals surface area (Å²) in [5, 5.41) is 6.83. The van der Waals surface area contributed by atoms with Crippen LogP contribution in [0, 0.1) is 0 Å². The van der Waals surface area contributed by atoms with Crippen LogP contribution < -0.4 is 10.6 Å². The smallest absolute Gasteiger partial charge is 0.222 e. The van der Waals surface area contributed by atoms with E-state index in [0.717, 1.165) is 45.6 Å². The third-order valence-electron chi connectivity index (χ3n) is 4.34. The van der Waals surface area contributed by atoms with E-state index in [4.69, 9.17) is 0 Å². The van der Waals surface area contributed by atoms with Gasteiger partial charge in [-0.1, -0.05) is 24.3 Å². The first-order valence-electron chi connectivity index (χ1n) is 7.61. The Kier molecular flexibility index (Phi) is 4.33. The topological polar surface area (TPSA) is 44.4 Å². The minimum absolute atomic E-state index is 0.312. The number of amides is 1. The first-order chi connectivity index (χ1) is 9.83. The van der Waals surface area contributed by atoms with Gasteiger partial charge < -0.3 is 15.5 Å². The van der Waals surface area contributed by atoms with Crippen LogP contribution in [0.5, 0.6) is 0 Å². The van der Waals surface area contributed by atoms with Gasteiger partial charge in [0.1, 0.15) is 0 Å². The molecule has 1 fully saturated rings. The zero-order valence-electron chi connectivity index (χ0n) is 11.9. The van der Waals surface area contributed by atoms with Crippen molar-refractivity contribution < 1.29 is 4.79 Å². The summed E-state index contributed by atoms with van der Waals surface area (Å²) in [5.41, 5.74) is 2.84. The molecule has 2 heterocycles. The van der Waals surface area contributed by atoms with Crippen molar-refractivity contribution in [2.45, 2.75) is 31.8 Å². The third kappa shape index (κ3) is 3.19. The van der Waals surface area contributed by atoms with E-state index in [1.165, 1.54) is 11.1 Å². The lowest BCUT2D eigenvalue weighted by atomic mass is 9.93. The lowest BCUT2D eigenvalue weighted by Gasteiger charge is -2.29. The maximum absolute atomic E-state index is 12.2. The highest BCUT2D eigenvalue weighted by atomic mass is 16.2. The number of carbonyl (C=O) groups excluding carboxylic acids is 1. The van der Waals surface area contributed by atoms with E-state index in [2.05, 4.69) is 34.9 Å². The number of nitrogens with one attached hydrogen (secondary N) is 2. The molecule has 4 nitrogen and oxygen atoms in total. The lowest BCUT2D eigenvalue weighted by molar-refractivity contribution is -0.132. The van der Waals surface area contributed by atoms with E-state index in [9.17, 15) is 4.79 Å². The Morgan fingerprint density at radius 2 is 1.95 bits per heavy atom. The van der Waals surface area contributed by atoms with Gasteiger partial charge in [0.05, 0.1) is 0 Å². The van der Waals surface area contributed by atoms with Gasteiger partial charge in [0.2, 0.25) is 5.91 Å². The van der Waals surface area contributed by atoms with Crippen molar-refractivity contribution in [3.05, 3.63) is 35.4 Å². The van der Waals surface area contributed by atoms with Crippen LogP contribution in [0.15, 0.2) is 24.3 Å². The summed E-state index contributed by atoms with van der Waals surface area (Å²) in [6.45, 7) is 4.52. The highest BCUT2D eigenvalue weighted by Crippen LogP contribution is 2.18. The Hall–Kier alpha value is -1.39.